The molecule has 2 nitrogen and oxygen atoms in total. The molecule has 1 atom stereocenters. The standard InChI is InChI=1S/C20H32N2S/c1-16(2)15-22-14-7-6-12-19(22)18-11-8-13-21-20(18)23-17-9-4-3-5-10-17/h8,11,13,16-17,19H,3-7,9-10,12,14-15H2,1-2H3. The lowest BCUT2D eigenvalue weighted by Gasteiger charge is -2.38. The molecule has 1 aromatic rings. The number of rotatable bonds is 5. The van der Waals surface area contributed by atoms with E-state index in [9.17, 15) is 0 Å². The van der Waals surface area contributed by atoms with Crippen molar-refractivity contribution in [3.05, 3.63) is 23.9 Å². The minimum Gasteiger partial charge on any atom is -0.296 e. The SMILES string of the molecule is CC(C)CN1CCCCC1c1cccnc1SC1CCCCC1. The van der Waals surface area contributed by atoms with Crippen LogP contribution in [0.5, 0.6) is 0 Å². The smallest absolute Gasteiger partial charge is 0.101 e. The van der Waals surface area contributed by atoms with Crippen molar-refractivity contribution < 1.29 is 0 Å². The average molecular weight is 333 g/mol. The number of pyridine rings is 1. The highest BCUT2D eigenvalue weighted by Crippen LogP contribution is 2.39. The van der Waals surface area contributed by atoms with Crippen LogP contribution in [0.1, 0.15) is 76.8 Å². The molecule has 1 unspecified atom stereocenters. The topological polar surface area (TPSA) is 16.1 Å². The van der Waals surface area contributed by atoms with Crippen LogP contribution < -0.4 is 0 Å². The summed E-state index contributed by atoms with van der Waals surface area (Å²) < 4.78 is 0. The normalized spacial score (nSPS) is 24.2. The van der Waals surface area contributed by atoms with Gasteiger partial charge in [0.25, 0.3) is 0 Å². The number of aromatic nitrogens is 1. The molecule has 0 spiro atoms. The molecule has 0 amide bonds. The summed E-state index contributed by atoms with van der Waals surface area (Å²) >= 11 is 2.07. The Labute approximate surface area is 146 Å². The third-order valence-electron chi connectivity index (χ3n) is 5.20. The lowest BCUT2D eigenvalue weighted by molar-refractivity contribution is 0.130. The molecule has 3 heteroatoms. The Hall–Kier alpha value is -0.540. The van der Waals surface area contributed by atoms with Crippen LogP contribution in [-0.4, -0.2) is 28.2 Å². The van der Waals surface area contributed by atoms with Gasteiger partial charge in [0.1, 0.15) is 5.03 Å². The minimum absolute atomic E-state index is 0.589. The van der Waals surface area contributed by atoms with E-state index in [4.69, 9.17) is 4.98 Å². The van der Waals surface area contributed by atoms with Crippen LogP contribution in [0, 0.1) is 5.92 Å². The van der Waals surface area contributed by atoms with E-state index in [-0.39, 0.29) is 0 Å². The molecule has 1 saturated heterocycles. The highest BCUT2D eigenvalue weighted by Gasteiger charge is 2.27. The number of likely N-dealkylation sites (tertiary alicyclic amines) is 1. The van der Waals surface area contributed by atoms with E-state index in [0.29, 0.717) is 6.04 Å². The monoisotopic (exact) mass is 332 g/mol. The molecular weight excluding hydrogens is 300 g/mol. The molecule has 1 saturated carbocycles. The first-order valence-corrected chi connectivity index (χ1v) is 10.5. The van der Waals surface area contributed by atoms with E-state index in [0.717, 1.165) is 11.2 Å². The zero-order valence-electron chi connectivity index (χ0n) is 14.8. The largest absolute Gasteiger partial charge is 0.296 e. The average Bonchev–Trinajstić information content (AvgIpc) is 2.56. The molecule has 0 bridgehead atoms. The quantitative estimate of drug-likeness (QED) is 0.689. The molecule has 1 aliphatic heterocycles. The molecule has 0 radical (unpaired) electrons. The molecule has 1 aromatic heterocycles. The van der Waals surface area contributed by atoms with Gasteiger partial charge in [-0.2, -0.15) is 0 Å². The molecule has 23 heavy (non-hydrogen) atoms. The second-order valence-electron chi connectivity index (χ2n) is 7.68. The van der Waals surface area contributed by atoms with E-state index in [1.54, 1.807) is 0 Å². The van der Waals surface area contributed by atoms with Crippen molar-refractivity contribution in [1.29, 1.82) is 0 Å². The maximum Gasteiger partial charge on any atom is 0.101 e. The third kappa shape index (κ3) is 4.73. The number of nitrogens with zero attached hydrogens (tertiary/aromatic N) is 2. The highest BCUT2D eigenvalue weighted by atomic mass is 32.2. The van der Waals surface area contributed by atoms with Gasteiger partial charge in [-0.3, -0.25) is 4.90 Å². The van der Waals surface area contributed by atoms with Gasteiger partial charge >= 0.3 is 0 Å². The highest BCUT2D eigenvalue weighted by molar-refractivity contribution is 7.99. The molecule has 2 aliphatic rings. The summed E-state index contributed by atoms with van der Waals surface area (Å²) in [5.41, 5.74) is 1.50. The van der Waals surface area contributed by atoms with Gasteiger partial charge < -0.3 is 0 Å². The second-order valence-corrected chi connectivity index (χ2v) is 8.97. The van der Waals surface area contributed by atoms with Gasteiger partial charge in [-0.05, 0) is 44.2 Å². The zero-order chi connectivity index (χ0) is 16.1. The first-order chi connectivity index (χ1) is 11.2. The van der Waals surface area contributed by atoms with Crippen LogP contribution in [-0.2, 0) is 0 Å². The van der Waals surface area contributed by atoms with E-state index in [1.165, 1.54) is 75.0 Å². The van der Waals surface area contributed by atoms with Crippen LogP contribution in [0.15, 0.2) is 23.4 Å². The Bertz CT molecular complexity index is 482. The molecule has 2 fully saturated rings. The second kappa shape index (κ2) is 8.53. The van der Waals surface area contributed by atoms with Crippen LogP contribution in [0.3, 0.4) is 0 Å². The van der Waals surface area contributed by atoms with Crippen molar-refractivity contribution in [1.82, 2.24) is 9.88 Å². The minimum atomic E-state index is 0.589. The summed E-state index contributed by atoms with van der Waals surface area (Å²) in [6.45, 7) is 7.15. The number of piperidine rings is 1. The predicted molar refractivity (Wildman–Crippen MR) is 100.0 cm³/mol. The van der Waals surface area contributed by atoms with E-state index >= 15 is 0 Å². The van der Waals surface area contributed by atoms with Gasteiger partial charge in [-0.15, -0.1) is 11.8 Å². The van der Waals surface area contributed by atoms with Crippen LogP contribution in [0.4, 0.5) is 0 Å². The summed E-state index contributed by atoms with van der Waals surface area (Å²) in [7, 11) is 0. The van der Waals surface area contributed by atoms with Crippen molar-refractivity contribution >= 4 is 11.8 Å². The molecular formula is C20H32N2S. The molecule has 2 heterocycles. The van der Waals surface area contributed by atoms with Crippen molar-refractivity contribution in [2.24, 2.45) is 5.92 Å². The fourth-order valence-corrected chi connectivity index (χ4v) is 5.47. The van der Waals surface area contributed by atoms with Gasteiger partial charge in [0.2, 0.25) is 0 Å². The maximum atomic E-state index is 4.80. The van der Waals surface area contributed by atoms with Crippen LogP contribution in [0.25, 0.3) is 0 Å². The number of thioether (sulfide) groups is 1. The molecule has 128 valence electrons. The first kappa shape index (κ1) is 17.3. The summed E-state index contributed by atoms with van der Waals surface area (Å²) in [4.78, 5) is 7.52. The van der Waals surface area contributed by atoms with Gasteiger partial charge in [-0.1, -0.05) is 45.6 Å². The van der Waals surface area contributed by atoms with E-state index in [2.05, 4.69) is 42.6 Å². The van der Waals surface area contributed by atoms with E-state index < -0.39 is 0 Å². The Morgan fingerprint density at radius 1 is 1.13 bits per heavy atom. The summed E-state index contributed by atoms with van der Waals surface area (Å²) in [5.74, 6) is 0.738. The van der Waals surface area contributed by atoms with Crippen molar-refractivity contribution in [3.63, 3.8) is 0 Å². The number of hydrogen-bond acceptors (Lipinski definition) is 3. The van der Waals surface area contributed by atoms with Gasteiger partial charge in [0.05, 0.1) is 0 Å². The Kier molecular flexibility index (Phi) is 6.41. The fraction of sp³-hybridized carbons (Fsp3) is 0.750. The first-order valence-electron chi connectivity index (χ1n) is 9.59. The third-order valence-corrected chi connectivity index (χ3v) is 6.57. The van der Waals surface area contributed by atoms with Crippen molar-refractivity contribution in [2.75, 3.05) is 13.1 Å². The van der Waals surface area contributed by atoms with Crippen molar-refractivity contribution in [2.45, 2.75) is 81.5 Å². The van der Waals surface area contributed by atoms with Crippen molar-refractivity contribution in [3.8, 4) is 0 Å². The zero-order valence-corrected chi connectivity index (χ0v) is 15.7. The molecule has 0 N–H and O–H groups in total. The lowest BCUT2D eigenvalue weighted by Crippen LogP contribution is -2.36. The summed E-state index contributed by atoms with van der Waals surface area (Å²) in [6.07, 6.45) is 13.0. The molecule has 1 aliphatic carbocycles. The summed E-state index contributed by atoms with van der Waals surface area (Å²) in [6, 6.07) is 5.08. The van der Waals surface area contributed by atoms with Crippen LogP contribution in [0.2, 0.25) is 0 Å². The Morgan fingerprint density at radius 3 is 2.70 bits per heavy atom. The van der Waals surface area contributed by atoms with Crippen LogP contribution >= 0.6 is 11.8 Å². The predicted octanol–water partition coefficient (Wildman–Crippen LogP) is 5.69. The molecule has 3 rings (SSSR count). The van der Waals surface area contributed by atoms with E-state index in [1.807, 2.05) is 6.20 Å². The maximum absolute atomic E-state index is 4.80. The number of hydrogen-bond donors (Lipinski definition) is 0. The molecule has 0 aromatic carbocycles. The fourth-order valence-electron chi connectivity index (χ4n) is 4.13. The summed E-state index contributed by atoms with van der Waals surface area (Å²) in [5, 5.41) is 2.11. The Morgan fingerprint density at radius 2 is 1.91 bits per heavy atom. The van der Waals surface area contributed by atoms with Gasteiger partial charge in [0, 0.05) is 29.6 Å². The Balaban J connectivity index is 1.77. The lowest BCUT2D eigenvalue weighted by atomic mass is 9.95. The van der Waals surface area contributed by atoms with Gasteiger partial charge in [0.15, 0.2) is 0 Å². The van der Waals surface area contributed by atoms with Gasteiger partial charge in [-0.25, -0.2) is 4.98 Å².